The van der Waals surface area contributed by atoms with Crippen LogP contribution in [0.5, 0.6) is 0 Å². The van der Waals surface area contributed by atoms with Crippen LogP contribution in [0, 0.1) is 0 Å². The first-order chi connectivity index (χ1) is 7.49. The summed E-state index contributed by atoms with van der Waals surface area (Å²) < 4.78 is 9.49. The average Bonchev–Trinajstić information content (AvgIpc) is 2.60. The Labute approximate surface area is 97.7 Å². The van der Waals surface area contributed by atoms with Gasteiger partial charge in [0.1, 0.15) is 5.69 Å². The second-order valence-electron chi connectivity index (χ2n) is 3.35. The standard InChI is InChI=1S/C10H12ClNO4/c1-6(2)16-9(13)5-15-10(14)8-3-7(11)4-12-8/h3-4,6,12H,5H2,1-2H3. The minimum Gasteiger partial charge on any atom is -0.460 e. The second kappa shape index (κ2) is 5.55. The summed E-state index contributed by atoms with van der Waals surface area (Å²) in [5.41, 5.74) is 0.197. The number of hydrogen-bond acceptors (Lipinski definition) is 4. The van der Waals surface area contributed by atoms with E-state index in [-0.39, 0.29) is 11.8 Å². The number of esters is 2. The topological polar surface area (TPSA) is 68.4 Å². The summed E-state index contributed by atoms with van der Waals surface area (Å²) in [5, 5.41) is 0.400. The van der Waals surface area contributed by atoms with Crippen LogP contribution in [0.1, 0.15) is 24.3 Å². The molecule has 1 aromatic heterocycles. The summed E-state index contributed by atoms with van der Waals surface area (Å²) in [7, 11) is 0. The van der Waals surface area contributed by atoms with Crippen molar-refractivity contribution >= 4 is 23.5 Å². The summed E-state index contributed by atoms with van der Waals surface area (Å²) in [6.45, 7) is 3.02. The number of rotatable bonds is 4. The fourth-order valence-electron chi connectivity index (χ4n) is 0.985. The molecular weight excluding hydrogens is 234 g/mol. The maximum atomic E-state index is 11.3. The van der Waals surface area contributed by atoms with Crippen molar-refractivity contribution in [2.45, 2.75) is 20.0 Å². The maximum absolute atomic E-state index is 11.3. The first-order valence-corrected chi connectivity index (χ1v) is 5.07. The SMILES string of the molecule is CC(C)OC(=O)COC(=O)c1cc(Cl)c[nH]1. The van der Waals surface area contributed by atoms with E-state index in [9.17, 15) is 9.59 Å². The van der Waals surface area contributed by atoms with Gasteiger partial charge in [-0.2, -0.15) is 0 Å². The predicted molar refractivity (Wildman–Crippen MR) is 57.3 cm³/mol. The van der Waals surface area contributed by atoms with E-state index in [1.807, 2.05) is 0 Å². The van der Waals surface area contributed by atoms with Crippen molar-refractivity contribution in [3.8, 4) is 0 Å². The summed E-state index contributed by atoms with van der Waals surface area (Å²) in [6, 6.07) is 1.41. The van der Waals surface area contributed by atoms with Gasteiger partial charge in [0.15, 0.2) is 6.61 Å². The third-order valence-corrected chi connectivity index (χ3v) is 1.77. The number of hydrogen-bond donors (Lipinski definition) is 1. The van der Waals surface area contributed by atoms with E-state index in [0.717, 1.165) is 0 Å². The van der Waals surface area contributed by atoms with Crippen molar-refractivity contribution < 1.29 is 19.1 Å². The average molecular weight is 246 g/mol. The van der Waals surface area contributed by atoms with E-state index in [4.69, 9.17) is 21.1 Å². The molecule has 0 aliphatic heterocycles. The Balaban J connectivity index is 2.38. The number of aromatic nitrogens is 1. The fourth-order valence-corrected chi connectivity index (χ4v) is 1.15. The minimum absolute atomic E-state index is 0.197. The van der Waals surface area contributed by atoms with Gasteiger partial charge in [-0.3, -0.25) is 0 Å². The van der Waals surface area contributed by atoms with Crippen LogP contribution in [0.15, 0.2) is 12.3 Å². The Bertz CT molecular complexity index is 386. The summed E-state index contributed by atoms with van der Waals surface area (Å²) in [4.78, 5) is 25.0. The molecule has 0 saturated heterocycles. The molecule has 0 fully saturated rings. The van der Waals surface area contributed by atoms with Crippen molar-refractivity contribution in [2.24, 2.45) is 0 Å². The zero-order valence-corrected chi connectivity index (χ0v) is 9.71. The third kappa shape index (κ3) is 3.94. The van der Waals surface area contributed by atoms with Crippen molar-refractivity contribution in [1.82, 2.24) is 4.98 Å². The van der Waals surface area contributed by atoms with Gasteiger partial charge >= 0.3 is 11.9 Å². The van der Waals surface area contributed by atoms with E-state index < -0.39 is 18.5 Å². The molecule has 0 atom stereocenters. The molecule has 1 rings (SSSR count). The summed E-state index contributed by atoms with van der Waals surface area (Å²) >= 11 is 5.61. The van der Waals surface area contributed by atoms with E-state index >= 15 is 0 Å². The number of H-pyrrole nitrogens is 1. The van der Waals surface area contributed by atoms with Gasteiger partial charge in [0.25, 0.3) is 0 Å². The number of nitrogens with one attached hydrogen (secondary N) is 1. The van der Waals surface area contributed by atoms with Gasteiger partial charge in [-0.05, 0) is 19.9 Å². The third-order valence-electron chi connectivity index (χ3n) is 1.56. The highest BCUT2D eigenvalue weighted by molar-refractivity contribution is 6.30. The van der Waals surface area contributed by atoms with E-state index in [1.54, 1.807) is 13.8 Å². The number of carbonyl (C=O) groups excluding carboxylic acids is 2. The van der Waals surface area contributed by atoms with Gasteiger partial charge < -0.3 is 14.5 Å². The molecule has 6 heteroatoms. The van der Waals surface area contributed by atoms with Crippen molar-refractivity contribution in [3.05, 3.63) is 23.0 Å². The molecule has 0 aliphatic rings. The van der Waals surface area contributed by atoms with E-state index in [1.165, 1.54) is 12.3 Å². The van der Waals surface area contributed by atoms with Crippen LogP contribution >= 0.6 is 11.6 Å². The van der Waals surface area contributed by atoms with Crippen LogP contribution in [-0.2, 0) is 14.3 Å². The molecule has 1 aromatic rings. The minimum atomic E-state index is -0.646. The normalized spacial score (nSPS) is 10.2. The van der Waals surface area contributed by atoms with Crippen LogP contribution in [0.4, 0.5) is 0 Å². The van der Waals surface area contributed by atoms with Gasteiger partial charge in [-0.15, -0.1) is 0 Å². The summed E-state index contributed by atoms with van der Waals surface area (Å²) in [5.74, 6) is -1.23. The van der Waals surface area contributed by atoms with Gasteiger partial charge in [0.05, 0.1) is 11.1 Å². The molecule has 0 unspecified atom stereocenters. The van der Waals surface area contributed by atoms with Crippen molar-refractivity contribution in [1.29, 1.82) is 0 Å². The molecule has 0 spiro atoms. The lowest BCUT2D eigenvalue weighted by molar-refractivity contribution is -0.150. The van der Waals surface area contributed by atoms with Crippen LogP contribution < -0.4 is 0 Å². The van der Waals surface area contributed by atoms with Crippen molar-refractivity contribution in [3.63, 3.8) is 0 Å². The van der Waals surface area contributed by atoms with Crippen LogP contribution in [0.2, 0.25) is 5.02 Å². The molecule has 5 nitrogen and oxygen atoms in total. The summed E-state index contributed by atoms with van der Waals surface area (Å²) in [6.07, 6.45) is 1.22. The fraction of sp³-hybridized carbons (Fsp3) is 0.400. The molecule has 0 radical (unpaired) electrons. The van der Waals surface area contributed by atoms with Gasteiger partial charge in [0, 0.05) is 6.20 Å². The molecule has 1 N–H and O–H groups in total. The highest BCUT2D eigenvalue weighted by atomic mass is 35.5. The number of aromatic amines is 1. The highest BCUT2D eigenvalue weighted by Crippen LogP contribution is 2.10. The Morgan fingerprint density at radius 3 is 2.69 bits per heavy atom. The van der Waals surface area contributed by atoms with E-state index in [2.05, 4.69) is 4.98 Å². The molecule has 0 aliphatic carbocycles. The van der Waals surface area contributed by atoms with Crippen LogP contribution in [0.25, 0.3) is 0 Å². The van der Waals surface area contributed by atoms with Gasteiger partial charge in [-0.25, -0.2) is 9.59 Å². The van der Waals surface area contributed by atoms with Gasteiger partial charge in [0.2, 0.25) is 0 Å². The monoisotopic (exact) mass is 245 g/mol. The first-order valence-electron chi connectivity index (χ1n) is 4.69. The molecule has 16 heavy (non-hydrogen) atoms. The lowest BCUT2D eigenvalue weighted by Gasteiger charge is -2.07. The lowest BCUT2D eigenvalue weighted by atomic mass is 10.4. The van der Waals surface area contributed by atoms with Crippen molar-refractivity contribution in [2.75, 3.05) is 6.61 Å². The predicted octanol–water partition coefficient (Wildman–Crippen LogP) is 1.78. The van der Waals surface area contributed by atoms with Crippen LogP contribution in [0.3, 0.4) is 0 Å². The zero-order valence-electron chi connectivity index (χ0n) is 8.95. The second-order valence-corrected chi connectivity index (χ2v) is 3.78. The number of carbonyl (C=O) groups is 2. The molecule has 88 valence electrons. The molecule has 1 heterocycles. The smallest absolute Gasteiger partial charge is 0.355 e. The molecule has 0 aromatic carbocycles. The highest BCUT2D eigenvalue weighted by Gasteiger charge is 2.13. The Morgan fingerprint density at radius 1 is 1.50 bits per heavy atom. The lowest BCUT2D eigenvalue weighted by Crippen LogP contribution is -2.19. The molecule has 0 saturated carbocycles. The number of halogens is 1. The quantitative estimate of drug-likeness (QED) is 0.821. The molecular formula is C10H12ClNO4. The Hall–Kier alpha value is -1.49. The molecule has 0 bridgehead atoms. The maximum Gasteiger partial charge on any atom is 0.355 e. The largest absolute Gasteiger partial charge is 0.460 e. The Kier molecular flexibility index (Phi) is 4.37. The number of ether oxygens (including phenoxy) is 2. The Morgan fingerprint density at radius 2 is 2.19 bits per heavy atom. The first kappa shape index (κ1) is 12.6. The van der Waals surface area contributed by atoms with E-state index in [0.29, 0.717) is 5.02 Å². The molecule has 0 amide bonds. The van der Waals surface area contributed by atoms with Crippen LogP contribution in [-0.4, -0.2) is 29.6 Å². The zero-order chi connectivity index (χ0) is 12.1. The van der Waals surface area contributed by atoms with Gasteiger partial charge in [-0.1, -0.05) is 11.6 Å².